The molecule has 1 saturated heterocycles. The van der Waals surface area contributed by atoms with Crippen LogP contribution in [0.25, 0.3) is 6.08 Å². The van der Waals surface area contributed by atoms with Crippen molar-refractivity contribution in [2.24, 2.45) is 0 Å². The van der Waals surface area contributed by atoms with E-state index in [1.54, 1.807) is 18.2 Å². The number of benzene rings is 2. The van der Waals surface area contributed by atoms with Crippen LogP contribution in [0.2, 0.25) is 0 Å². The second kappa shape index (κ2) is 9.63. The van der Waals surface area contributed by atoms with Gasteiger partial charge in [0.05, 0.1) is 24.8 Å². The fourth-order valence-corrected chi connectivity index (χ4v) is 4.45. The van der Waals surface area contributed by atoms with Crippen LogP contribution in [-0.4, -0.2) is 37.0 Å². The van der Waals surface area contributed by atoms with E-state index in [0.717, 1.165) is 11.3 Å². The molecule has 1 aliphatic heterocycles. The third-order valence-electron chi connectivity index (χ3n) is 4.20. The molecule has 9 heteroatoms. The average Bonchev–Trinajstić information content (AvgIpc) is 3.00. The molecule has 1 heterocycles. The van der Waals surface area contributed by atoms with Crippen molar-refractivity contribution in [3.8, 4) is 11.5 Å². The summed E-state index contributed by atoms with van der Waals surface area (Å²) in [5.41, 5.74) is 2.49. The van der Waals surface area contributed by atoms with Crippen molar-refractivity contribution in [1.82, 2.24) is 0 Å². The standard InChI is InChI=1S/C21H18BrNO5S2/c1-12-5-4-6-14(7-12)23-20(25)18(30-21(23)29)9-13-8-16(26-2)17(10-15(13)22)28-11-19(24)27-3/h4-10H,11H2,1-3H3/b18-9-. The molecule has 0 aromatic heterocycles. The number of amides is 1. The molecule has 1 aliphatic rings. The third kappa shape index (κ3) is 4.85. The number of nitrogens with zero attached hydrogens (tertiary/aromatic N) is 1. The summed E-state index contributed by atoms with van der Waals surface area (Å²) in [5, 5.41) is 0. The number of halogens is 1. The van der Waals surface area contributed by atoms with Gasteiger partial charge in [-0.2, -0.15) is 0 Å². The highest BCUT2D eigenvalue weighted by molar-refractivity contribution is 9.10. The Morgan fingerprint density at radius 1 is 1.23 bits per heavy atom. The first-order chi connectivity index (χ1) is 14.3. The van der Waals surface area contributed by atoms with Gasteiger partial charge in [0, 0.05) is 4.47 Å². The van der Waals surface area contributed by atoms with Gasteiger partial charge in [0.1, 0.15) is 0 Å². The fraction of sp³-hybridized carbons (Fsp3) is 0.190. The van der Waals surface area contributed by atoms with E-state index in [1.165, 1.54) is 30.9 Å². The predicted molar refractivity (Wildman–Crippen MR) is 125 cm³/mol. The molecule has 0 aliphatic carbocycles. The van der Waals surface area contributed by atoms with Crippen LogP contribution in [0.5, 0.6) is 11.5 Å². The minimum atomic E-state index is -0.503. The van der Waals surface area contributed by atoms with E-state index in [2.05, 4.69) is 20.7 Å². The Balaban J connectivity index is 1.90. The minimum Gasteiger partial charge on any atom is -0.493 e. The number of carbonyl (C=O) groups excluding carboxylic acids is 2. The van der Waals surface area contributed by atoms with Crippen LogP contribution in [-0.2, 0) is 14.3 Å². The second-order valence-electron chi connectivity index (χ2n) is 6.25. The van der Waals surface area contributed by atoms with Gasteiger partial charge in [0.15, 0.2) is 22.4 Å². The summed E-state index contributed by atoms with van der Waals surface area (Å²) in [6, 6.07) is 11.0. The molecular weight excluding hydrogens is 490 g/mol. The van der Waals surface area contributed by atoms with Gasteiger partial charge >= 0.3 is 5.97 Å². The number of hydrogen-bond acceptors (Lipinski definition) is 7. The predicted octanol–water partition coefficient (Wildman–Crippen LogP) is 4.72. The Kier molecular flexibility index (Phi) is 7.17. The van der Waals surface area contributed by atoms with E-state index in [1.807, 2.05) is 31.2 Å². The number of esters is 1. The van der Waals surface area contributed by atoms with Gasteiger partial charge in [-0.05, 0) is 48.4 Å². The molecule has 0 saturated carbocycles. The van der Waals surface area contributed by atoms with E-state index < -0.39 is 5.97 Å². The van der Waals surface area contributed by atoms with Crippen LogP contribution in [0.15, 0.2) is 45.8 Å². The van der Waals surface area contributed by atoms with Crippen molar-refractivity contribution in [3.05, 3.63) is 56.9 Å². The Bertz CT molecular complexity index is 1050. The van der Waals surface area contributed by atoms with Crippen LogP contribution in [0.1, 0.15) is 11.1 Å². The van der Waals surface area contributed by atoms with Gasteiger partial charge in [0.25, 0.3) is 5.91 Å². The number of rotatable bonds is 6. The first kappa shape index (κ1) is 22.3. The summed E-state index contributed by atoms with van der Waals surface area (Å²) >= 11 is 10.2. The first-order valence-electron chi connectivity index (χ1n) is 8.75. The number of thiocarbonyl (C=S) groups is 1. The zero-order chi connectivity index (χ0) is 21.8. The van der Waals surface area contributed by atoms with Gasteiger partial charge in [-0.15, -0.1) is 0 Å². The molecule has 1 amide bonds. The second-order valence-corrected chi connectivity index (χ2v) is 8.78. The van der Waals surface area contributed by atoms with E-state index in [4.69, 9.17) is 21.7 Å². The smallest absolute Gasteiger partial charge is 0.343 e. The van der Waals surface area contributed by atoms with Crippen molar-refractivity contribution >= 4 is 67.9 Å². The summed E-state index contributed by atoms with van der Waals surface area (Å²) in [4.78, 5) is 26.4. The molecule has 1 fully saturated rings. The molecule has 0 atom stereocenters. The number of methoxy groups -OCH3 is 2. The molecule has 30 heavy (non-hydrogen) atoms. The summed E-state index contributed by atoms with van der Waals surface area (Å²) in [6.45, 7) is 1.72. The zero-order valence-corrected chi connectivity index (χ0v) is 19.7. The average molecular weight is 508 g/mol. The van der Waals surface area contributed by atoms with Crippen LogP contribution in [0.3, 0.4) is 0 Å². The van der Waals surface area contributed by atoms with Crippen molar-refractivity contribution in [2.45, 2.75) is 6.92 Å². The van der Waals surface area contributed by atoms with E-state index in [9.17, 15) is 9.59 Å². The topological polar surface area (TPSA) is 65.1 Å². The van der Waals surface area contributed by atoms with E-state index in [0.29, 0.717) is 30.8 Å². The molecule has 0 unspecified atom stereocenters. The lowest BCUT2D eigenvalue weighted by atomic mass is 10.1. The Labute approximate surface area is 192 Å². The van der Waals surface area contributed by atoms with Crippen LogP contribution in [0, 0.1) is 6.92 Å². The molecule has 0 N–H and O–H groups in total. The first-order valence-corrected chi connectivity index (χ1v) is 10.8. The Morgan fingerprint density at radius 2 is 2.00 bits per heavy atom. The van der Waals surface area contributed by atoms with Crippen LogP contribution >= 0.6 is 39.9 Å². The molecule has 2 aromatic rings. The quantitative estimate of drug-likeness (QED) is 0.318. The molecule has 0 radical (unpaired) electrons. The number of ether oxygens (including phenoxy) is 3. The number of hydrogen-bond donors (Lipinski definition) is 0. The molecule has 6 nitrogen and oxygen atoms in total. The molecular formula is C21H18BrNO5S2. The summed E-state index contributed by atoms with van der Waals surface area (Å²) in [6.07, 6.45) is 1.74. The maximum absolute atomic E-state index is 13.0. The Hall–Kier alpha value is -2.36. The third-order valence-corrected chi connectivity index (χ3v) is 6.19. The number of anilines is 1. The number of carbonyl (C=O) groups is 2. The van der Waals surface area contributed by atoms with Gasteiger partial charge in [-0.25, -0.2) is 4.79 Å². The minimum absolute atomic E-state index is 0.188. The van der Waals surface area contributed by atoms with Crippen molar-refractivity contribution in [3.63, 3.8) is 0 Å². The van der Waals surface area contributed by atoms with Gasteiger partial charge in [-0.1, -0.05) is 52.0 Å². The lowest BCUT2D eigenvalue weighted by Crippen LogP contribution is -2.27. The van der Waals surface area contributed by atoms with Gasteiger partial charge in [0.2, 0.25) is 0 Å². The highest BCUT2D eigenvalue weighted by Crippen LogP contribution is 2.39. The summed E-state index contributed by atoms with van der Waals surface area (Å²) in [5.74, 6) is 0.103. The van der Waals surface area contributed by atoms with E-state index in [-0.39, 0.29) is 12.5 Å². The Morgan fingerprint density at radius 3 is 2.67 bits per heavy atom. The molecule has 2 aromatic carbocycles. The lowest BCUT2D eigenvalue weighted by Gasteiger charge is -2.15. The highest BCUT2D eigenvalue weighted by atomic mass is 79.9. The van der Waals surface area contributed by atoms with Gasteiger partial charge < -0.3 is 14.2 Å². The number of aryl methyl sites for hydroxylation is 1. The van der Waals surface area contributed by atoms with Crippen LogP contribution in [0.4, 0.5) is 5.69 Å². The summed E-state index contributed by atoms with van der Waals surface area (Å²) < 4.78 is 16.5. The monoisotopic (exact) mass is 507 g/mol. The molecule has 0 bridgehead atoms. The highest BCUT2D eigenvalue weighted by Gasteiger charge is 2.33. The normalized spacial score (nSPS) is 14.9. The van der Waals surface area contributed by atoms with Crippen molar-refractivity contribution in [2.75, 3.05) is 25.7 Å². The molecule has 156 valence electrons. The van der Waals surface area contributed by atoms with Crippen molar-refractivity contribution in [1.29, 1.82) is 0 Å². The van der Waals surface area contributed by atoms with Gasteiger partial charge in [-0.3, -0.25) is 9.69 Å². The SMILES string of the molecule is COC(=O)COc1cc(Br)c(/C=C2\SC(=S)N(c3cccc(C)c3)C2=O)cc1OC. The summed E-state index contributed by atoms with van der Waals surface area (Å²) in [7, 11) is 2.78. The van der Waals surface area contributed by atoms with E-state index >= 15 is 0 Å². The lowest BCUT2D eigenvalue weighted by molar-refractivity contribution is -0.142. The fourth-order valence-electron chi connectivity index (χ4n) is 2.73. The molecule has 0 spiro atoms. The maximum Gasteiger partial charge on any atom is 0.343 e. The number of thioether (sulfide) groups is 1. The zero-order valence-electron chi connectivity index (χ0n) is 16.4. The van der Waals surface area contributed by atoms with Crippen LogP contribution < -0.4 is 14.4 Å². The maximum atomic E-state index is 13.0. The molecule has 3 rings (SSSR count). The largest absolute Gasteiger partial charge is 0.493 e. The van der Waals surface area contributed by atoms with Crippen molar-refractivity contribution < 1.29 is 23.8 Å².